The highest BCUT2D eigenvalue weighted by Crippen LogP contribution is 2.28. The Kier molecular flexibility index (Phi) is 3.75. The van der Waals surface area contributed by atoms with E-state index in [1.54, 1.807) is 0 Å². The number of nitrogens with zero attached hydrogens (tertiary/aromatic N) is 1. The van der Waals surface area contributed by atoms with E-state index >= 15 is 0 Å². The lowest BCUT2D eigenvalue weighted by Gasteiger charge is -2.08. The van der Waals surface area contributed by atoms with Crippen molar-refractivity contribution in [1.82, 2.24) is 4.98 Å². The molecule has 98 valence electrons. The van der Waals surface area contributed by atoms with E-state index in [9.17, 15) is 13.6 Å². The number of carboxylic acids is 1. The Hall–Kier alpha value is -2.02. The number of hydrogen-bond donors (Lipinski definition) is 1. The van der Waals surface area contributed by atoms with Gasteiger partial charge in [0.2, 0.25) is 5.88 Å². The van der Waals surface area contributed by atoms with Crippen molar-refractivity contribution in [3.8, 4) is 11.6 Å². The lowest BCUT2D eigenvalue weighted by Crippen LogP contribution is -2.03. The molecule has 0 radical (unpaired) electrons. The molecule has 0 unspecified atom stereocenters. The van der Waals surface area contributed by atoms with Crippen LogP contribution < -0.4 is 4.74 Å². The molecular weight excluding hydrogens is 324 g/mol. The highest BCUT2D eigenvalue weighted by Gasteiger charge is 2.16. The monoisotopic (exact) mass is 329 g/mol. The molecule has 0 aliphatic carbocycles. The zero-order valence-corrected chi connectivity index (χ0v) is 10.8. The maximum atomic E-state index is 13.5. The minimum absolute atomic E-state index is 0.204. The van der Waals surface area contributed by atoms with E-state index in [0.29, 0.717) is 4.47 Å². The Morgan fingerprint density at radius 2 is 2.05 bits per heavy atom. The third kappa shape index (κ3) is 3.05. The fourth-order valence-corrected chi connectivity index (χ4v) is 1.66. The molecule has 0 aliphatic rings. The van der Waals surface area contributed by atoms with Gasteiger partial charge in [-0.25, -0.2) is 18.6 Å². The summed E-state index contributed by atoms with van der Waals surface area (Å²) in [6, 6.07) is 4.72. The molecule has 0 fully saturated rings. The van der Waals surface area contributed by atoms with Crippen molar-refractivity contribution in [2.75, 3.05) is 0 Å². The molecule has 0 saturated carbocycles. The lowest BCUT2D eigenvalue weighted by atomic mass is 10.2. The van der Waals surface area contributed by atoms with Gasteiger partial charge in [0.1, 0.15) is 11.4 Å². The summed E-state index contributed by atoms with van der Waals surface area (Å²) >= 11 is 3.07. The Bertz CT molecular complexity index is 649. The summed E-state index contributed by atoms with van der Waals surface area (Å²) in [7, 11) is 0. The minimum Gasteiger partial charge on any atom is -0.477 e. The first kappa shape index (κ1) is 13.4. The van der Waals surface area contributed by atoms with Gasteiger partial charge in [-0.3, -0.25) is 0 Å². The van der Waals surface area contributed by atoms with E-state index in [4.69, 9.17) is 9.84 Å². The molecule has 1 aromatic heterocycles. The SMILES string of the molecule is O=C(O)c1cc(F)cnc1Oc1ccc(Br)cc1F. The predicted molar refractivity (Wildman–Crippen MR) is 65.3 cm³/mol. The summed E-state index contributed by atoms with van der Waals surface area (Å²) in [5, 5.41) is 8.89. The second-order valence-corrected chi connectivity index (χ2v) is 4.40. The average molecular weight is 330 g/mol. The minimum atomic E-state index is -1.42. The third-order valence-electron chi connectivity index (χ3n) is 2.15. The van der Waals surface area contributed by atoms with Crippen LogP contribution in [0.5, 0.6) is 11.6 Å². The second-order valence-electron chi connectivity index (χ2n) is 3.49. The fourth-order valence-electron chi connectivity index (χ4n) is 1.32. The van der Waals surface area contributed by atoms with Crippen molar-refractivity contribution in [3.05, 3.63) is 52.1 Å². The van der Waals surface area contributed by atoms with Crippen molar-refractivity contribution in [2.24, 2.45) is 0 Å². The van der Waals surface area contributed by atoms with Gasteiger partial charge < -0.3 is 9.84 Å². The maximum Gasteiger partial charge on any atom is 0.341 e. The van der Waals surface area contributed by atoms with Gasteiger partial charge in [-0.15, -0.1) is 0 Å². The highest BCUT2D eigenvalue weighted by molar-refractivity contribution is 9.10. The van der Waals surface area contributed by atoms with E-state index < -0.39 is 23.2 Å². The van der Waals surface area contributed by atoms with Gasteiger partial charge in [0, 0.05) is 4.47 Å². The number of pyridine rings is 1. The zero-order valence-electron chi connectivity index (χ0n) is 9.23. The summed E-state index contributed by atoms with van der Waals surface area (Å²) in [5.74, 6) is -3.52. The molecule has 2 aromatic rings. The Morgan fingerprint density at radius 1 is 1.32 bits per heavy atom. The molecule has 4 nitrogen and oxygen atoms in total. The summed E-state index contributed by atoms with van der Waals surface area (Å²) in [4.78, 5) is 14.4. The average Bonchev–Trinajstić information content (AvgIpc) is 2.34. The van der Waals surface area contributed by atoms with Crippen LogP contribution in [0.3, 0.4) is 0 Å². The Balaban J connectivity index is 2.40. The van der Waals surface area contributed by atoms with Crippen molar-refractivity contribution in [3.63, 3.8) is 0 Å². The Morgan fingerprint density at radius 3 is 2.68 bits per heavy atom. The van der Waals surface area contributed by atoms with Crippen LogP contribution in [0.4, 0.5) is 8.78 Å². The normalized spacial score (nSPS) is 10.3. The molecule has 19 heavy (non-hydrogen) atoms. The first-order valence-electron chi connectivity index (χ1n) is 4.99. The number of benzene rings is 1. The summed E-state index contributed by atoms with van der Waals surface area (Å²) in [5.41, 5.74) is -0.484. The molecular formula is C12H6BrF2NO3. The van der Waals surface area contributed by atoms with Gasteiger partial charge in [-0.1, -0.05) is 15.9 Å². The standard InChI is InChI=1S/C12H6BrF2NO3/c13-6-1-2-10(9(15)3-6)19-11-8(12(17)18)4-7(14)5-16-11/h1-5H,(H,17,18). The quantitative estimate of drug-likeness (QED) is 0.934. The van der Waals surface area contributed by atoms with Crippen molar-refractivity contribution >= 4 is 21.9 Å². The molecule has 7 heteroatoms. The number of carbonyl (C=O) groups is 1. The van der Waals surface area contributed by atoms with Crippen LogP contribution in [0.2, 0.25) is 0 Å². The topological polar surface area (TPSA) is 59.4 Å². The van der Waals surface area contributed by atoms with Crippen molar-refractivity contribution in [1.29, 1.82) is 0 Å². The predicted octanol–water partition coefficient (Wildman–Crippen LogP) is 3.61. The maximum absolute atomic E-state index is 13.5. The number of aromatic nitrogens is 1. The number of aromatic carboxylic acids is 1. The van der Waals surface area contributed by atoms with Crippen LogP contribution in [0.1, 0.15) is 10.4 Å². The first-order chi connectivity index (χ1) is 8.97. The summed E-state index contributed by atoms with van der Waals surface area (Å²) in [6.45, 7) is 0. The van der Waals surface area contributed by atoms with Crippen LogP contribution in [0, 0.1) is 11.6 Å². The van der Waals surface area contributed by atoms with Gasteiger partial charge in [-0.2, -0.15) is 0 Å². The van der Waals surface area contributed by atoms with Gasteiger partial charge in [-0.05, 0) is 24.3 Å². The molecule has 0 aliphatic heterocycles. The molecule has 0 spiro atoms. The van der Waals surface area contributed by atoms with Crippen molar-refractivity contribution < 1.29 is 23.4 Å². The van der Waals surface area contributed by atoms with Crippen LogP contribution in [-0.4, -0.2) is 16.1 Å². The fraction of sp³-hybridized carbons (Fsp3) is 0. The largest absolute Gasteiger partial charge is 0.477 e. The molecule has 1 aromatic carbocycles. The van der Waals surface area contributed by atoms with Gasteiger partial charge in [0.05, 0.1) is 6.20 Å². The van der Waals surface area contributed by atoms with Crippen LogP contribution in [0.15, 0.2) is 34.9 Å². The van der Waals surface area contributed by atoms with E-state index in [1.165, 1.54) is 12.1 Å². The number of hydrogen-bond acceptors (Lipinski definition) is 3. The lowest BCUT2D eigenvalue weighted by molar-refractivity contribution is 0.0692. The molecule has 0 bridgehead atoms. The molecule has 1 N–H and O–H groups in total. The van der Waals surface area contributed by atoms with E-state index in [-0.39, 0.29) is 11.6 Å². The Labute approximate surface area is 114 Å². The summed E-state index contributed by atoms with van der Waals surface area (Å²) < 4.78 is 32.0. The van der Waals surface area contributed by atoms with Gasteiger partial charge >= 0.3 is 5.97 Å². The third-order valence-corrected chi connectivity index (χ3v) is 2.64. The smallest absolute Gasteiger partial charge is 0.341 e. The van der Waals surface area contributed by atoms with E-state index in [1.807, 2.05) is 0 Å². The second kappa shape index (κ2) is 5.31. The molecule has 0 saturated heterocycles. The molecule has 0 amide bonds. The number of carboxylic acid groups (broad SMARTS) is 1. The van der Waals surface area contributed by atoms with Crippen LogP contribution in [0.25, 0.3) is 0 Å². The van der Waals surface area contributed by atoms with Crippen LogP contribution in [-0.2, 0) is 0 Å². The van der Waals surface area contributed by atoms with Gasteiger partial charge in [0.25, 0.3) is 0 Å². The number of ether oxygens (including phenoxy) is 1. The first-order valence-corrected chi connectivity index (χ1v) is 5.78. The van der Waals surface area contributed by atoms with E-state index in [2.05, 4.69) is 20.9 Å². The molecule has 2 rings (SSSR count). The number of halogens is 3. The number of rotatable bonds is 3. The van der Waals surface area contributed by atoms with Gasteiger partial charge in [0.15, 0.2) is 11.6 Å². The van der Waals surface area contributed by atoms with E-state index in [0.717, 1.165) is 18.3 Å². The van der Waals surface area contributed by atoms with Crippen LogP contribution >= 0.6 is 15.9 Å². The summed E-state index contributed by atoms with van der Waals surface area (Å²) in [6.07, 6.45) is 0.790. The molecule has 0 atom stereocenters. The highest BCUT2D eigenvalue weighted by atomic mass is 79.9. The van der Waals surface area contributed by atoms with Crippen molar-refractivity contribution in [2.45, 2.75) is 0 Å². The molecule has 1 heterocycles. The zero-order chi connectivity index (χ0) is 14.0.